The molecule has 2 aliphatic rings. The smallest absolute Gasteiger partial charge is 0.444 e. The van der Waals surface area contributed by atoms with Crippen LogP contribution in [0.15, 0.2) is 18.2 Å². The van der Waals surface area contributed by atoms with E-state index in [0.29, 0.717) is 24.7 Å². The largest absolute Gasteiger partial charge is 0.496 e. The van der Waals surface area contributed by atoms with Crippen molar-refractivity contribution in [1.29, 1.82) is 0 Å². The van der Waals surface area contributed by atoms with Crippen molar-refractivity contribution in [2.75, 3.05) is 18.8 Å². The lowest BCUT2D eigenvalue weighted by molar-refractivity contribution is 0.00578. The molecule has 3 rings (SSSR count). The lowest BCUT2D eigenvalue weighted by atomic mass is 9.76. The minimum Gasteiger partial charge on any atom is -0.444 e. The summed E-state index contributed by atoms with van der Waals surface area (Å²) in [5.41, 5.74) is 7.90. The van der Waals surface area contributed by atoms with Crippen molar-refractivity contribution < 1.29 is 18.8 Å². The second-order valence-electron chi connectivity index (χ2n) is 10.2. The zero-order valence-corrected chi connectivity index (χ0v) is 18.9. The third-order valence-electron chi connectivity index (χ3n) is 6.24. The van der Waals surface area contributed by atoms with Crippen molar-refractivity contribution >= 4 is 24.4 Å². The minimum atomic E-state index is -0.467. The number of carbonyl (C=O) groups excluding carboxylic acids is 1. The van der Waals surface area contributed by atoms with Gasteiger partial charge in [-0.25, -0.2) is 4.79 Å². The summed E-state index contributed by atoms with van der Waals surface area (Å²) in [5.74, 6) is 0.378. The van der Waals surface area contributed by atoms with Gasteiger partial charge in [0.1, 0.15) is 5.60 Å². The molecule has 0 aliphatic carbocycles. The molecule has 2 heterocycles. The quantitative estimate of drug-likeness (QED) is 0.604. The number of piperidine rings is 1. The van der Waals surface area contributed by atoms with Gasteiger partial charge in [0, 0.05) is 24.2 Å². The molecule has 0 aromatic heterocycles. The van der Waals surface area contributed by atoms with Gasteiger partial charge in [-0.1, -0.05) is 12.1 Å². The van der Waals surface area contributed by atoms with Crippen LogP contribution < -0.4 is 11.2 Å². The van der Waals surface area contributed by atoms with E-state index in [1.807, 2.05) is 60.6 Å². The van der Waals surface area contributed by atoms with Crippen LogP contribution in [0.4, 0.5) is 10.5 Å². The first-order valence-electron chi connectivity index (χ1n) is 10.5. The van der Waals surface area contributed by atoms with Crippen LogP contribution in [0.3, 0.4) is 0 Å². The highest BCUT2D eigenvalue weighted by molar-refractivity contribution is 6.63. The van der Waals surface area contributed by atoms with Gasteiger partial charge in [-0.2, -0.15) is 0 Å². The van der Waals surface area contributed by atoms with Gasteiger partial charge in [0.15, 0.2) is 0 Å². The molecule has 0 unspecified atom stereocenters. The molecule has 2 N–H and O–H groups in total. The lowest BCUT2D eigenvalue weighted by Crippen LogP contribution is -2.41. The second kappa shape index (κ2) is 7.51. The summed E-state index contributed by atoms with van der Waals surface area (Å²) in [7, 11) is -0.455. The monoisotopic (exact) mass is 402 g/mol. The summed E-state index contributed by atoms with van der Waals surface area (Å²) >= 11 is 0. The van der Waals surface area contributed by atoms with E-state index in [9.17, 15) is 4.79 Å². The zero-order chi connectivity index (χ0) is 21.6. The summed E-state index contributed by atoms with van der Waals surface area (Å²) in [6.45, 7) is 15.2. The predicted octanol–water partition coefficient (Wildman–Crippen LogP) is 3.68. The first-order valence-corrected chi connectivity index (χ1v) is 10.5. The molecule has 0 spiro atoms. The van der Waals surface area contributed by atoms with Crippen LogP contribution in [-0.2, 0) is 14.0 Å². The number of hydrogen-bond acceptors (Lipinski definition) is 5. The van der Waals surface area contributed by atoms with E-state index in [2.05, 4.69) is 6.07 Å². The van der Waals surface area contributed by atoms with E-state index in [1.54, 1.807) is 4.90 Å². The van der Waals surface area contributed by atoms with Crippen LogP contribution >= 0.6 is 0 Å². The van der Waals surface area contributed by atoms with E-state index in [1.165, 1.54) is 5.56 Å². The average molecular weight is 402 g/mol. The first-order chi connectivity index (χ1) is 13.3. The van der Waals surface area contributed by atoms with Crippen LogP contribution in [0.2, 0.25) is 0 Å². The molecule has 0 radical (unpaired) electrons. The number of ether oxygens (including phenoxy) is 1. The number of hydrogen-bond donors (Lipinski definition) is 1. The van der Waals surface area contributed by atoms with Crippen LogP contribution in [0.1, 0.15) is 72.8 Å². The van der Waals surface area contributed by atoms with Gasteiger partial charge < -0.3 is 24.7 Å². The number of benzene rings is 1. The molecule has 1 aromatic rings. The van der Waals surface area contributed by atoms with Gasteiger partial charge in [-0.15, -0.1) is 0 Å². The third kappa shape index (κ3) is 4.72. The van der Waals surface area contributed by atoms with Gasteiger partial charge in [0.25, 0.3) is 0 Å². The van der Waals surface area contributed by atoms with Crippen molar-refractivity contribution in [1.82, 2.24) is 4.90 Å². The Labute approximate surface area is 175 Å². The second-order valence-corrected chi connectivity index (χ2v) is 10.2. The molecule has 1 aromatic carbocycles. The average Bonchev–Trinajstić information content (AvgIpc) is 2.81. The molecule has 160 valence electrons. The third-order valence-corrected chi connectivity index (χ3v) is 6.24. The number of nitrogen functional groups attached to an aromatic ring is 1. The van der Waals surface area contributed by atoms with Gasteiger partial charge in [0.2, 0.25) is 0 Å². The van der Waals surface area contributed by atoms with Gasteiger partial charge in [0.05, 0.1) is 11.2 Å². The van der Waals surface area contributed by atoms with Gasteiger partial charge in [-0.3, -0.25) is 0 Å². The molecule has 2 saturated heterocycles. The standard InChI is InChI=1S/C22H35BN2O4/c1-20(2,3)27-19(26)25-12-10-15(11-13-25)16-8-9-17(18(24)14-16)23-28-21(4,5)22(6,7)29-23/h8-9,14-15H,10-13,24H2,1-7H3. The fourth-order valence-electron chi connectivity index (χ4n) is 3.75. The summed E-state index contributed by atoms with van der Waals surface area (Å²) in [5, 5.41) is 0. The van der Waals surface area contributed by atoms with Crippen molar-refractivity contribution in [2.45, 2.75) is 84.0 Å². The summed E-state index contributed by atoms with van der Waals surface area (Å²) in [6.07, 6.45) is 1.56. The molecule has 2 fully saturated rings. The van der Waals surface area contributed by atoms with E-state index in [-0.39, 0.29) is 6.09 Å². The fourth-order valence-corrected chi connectivity index (χ4v) is 3.75. The fraction of sp³-hybridized carbons (Fsp3) is 0.682. The Morgan fingerprint density at radius 2 is 1.69 bits per heavy atom. The molecular weight excluding hydrogens is 367 g/mol. The number of anilines is 1. The van der Waals surface area contributed by atoms with E-state index in [0.717, 1.165) is 18.3 Å². The van der Waals surface area contributed by atoms with Crippen molar-refractivity contribution in [3.63, 3.8) is 0 Å². The number of amides is 1. The highest BCUT2D eigenvalue weighted by atomic mass is 16.7. The summed E-state index contributed by atoms with van der Waals surface area (Å²) in [4.78, 5) is 14.1. The molecule has 0 bridgehead atoms. The van der Waals surface area contributed by atoms with Crippen LogP contribution in [0.5, 0.6) is 0 Å². The van der Waals surface area contributed by atoms with E-state index >= 15 is 0 Å². The minimum absolute atomic E-state index is 0.230. The summed E-state index contributed by atoms with van der Waals surface area (Å²) < 4.78 is 17.8. The van der Waals surface area contributed by atoms with E-state index < -0.39 is 23.9 Å². The molecule has 29 heavy (non-hydrogen) atoms. The maximum absolute atomic E-state index is 12.3. The Hall–Kier alpha value is -1.73. The number of nitrogens with zero attached hydrogens (tertiary/aromatic N) is 1. The predicted molar refractivity (Wildman–Crippen MR) is 116 cm³/mol. The molecule has 0 saturated carbocycles. The molecule has 2 aliphatic heterocycles. The number of nitrogens with two attached hydrogens (primary N) is 1. The zero-order valence-electron chi connectivity index (χ0n) is 18.9. The lowest BCUT2D eigenvalue weighted by Gasteiger charge is -2.33. The molecule has 7 heteroatoms. The molecule has 1 amide bonds. The Balaban J connectivity index is 1.64. The molecule has 6 nitrogen and oxygen atoms in total. The SMILES string of the molecule is CC(C)(C)OC(=O)N1CCC(c2ccc(B3OC(C)(C)C(C)(C)O3)c(N)c2)CC1. The number of rotatable bonds is 2. The van der Waals surface area contributed by atoms with Crippen molar-refractivity contribution in [2.24, 2.45) is 0 Å². The van der Waals surface area contributed by atoms with Gasteiger partial charge in [-0.05, 0) is 78.9 Å². The highest BCUT2D eigenvalue weighted by Gasteiger charge is 2.52. The Morgan fingerprint density at radius 3 is 2.17 bits per heavy atom. The Kier molecular flexibility index (Phi) is 5.69. The van der Waals surface area contributed by atoms with Crippen LogP contribution in [-0.4, -0.2) is 48.0 Å². The van der Waals surface area contributed by atoms with Crippen LogP contribution in [0.25, 0.3) is 0 Å². The van der Waals surface area contributed by atoms with Crippen LogP contribution in [0, 0.1) is 0 Å². The van der Waals surface area contributed by atoms with E-state index in [4.69, 9.17) is 19.8 Å². The van der Waals surface area contributed by atoms with Crippen molar-refractivity contribution in [3.05, 3.63) is 23.8 Å². The van der Waals surface area contributed by atoms with Crippen molar-refractivity contribution in [3.8, 4) is 0 Å². The topological polar surface area (TPSA) is 74.0 Å². The Bertz CT molecular complexity index is 749. The number of likely N-dealkylation sites (tertiary alicyclic amines) is 1. The normalized spacial score (nSPS) is 22.0. The molecule has 0 atom stereocenters. The Morgan fingerprint density at radius 1 is 1.14 bits per heavy atom. The molecular formula is C22H35BN2O4. The van der Waals surface area contributed by atoms with Gasteiger partial charge >= 0.3 is 13.2 Å². The maximum Gasteiger partial charge on any atom is 0.496 e. The number of carbonyl (C=O) groups is 1. The highest BCUT2D eigenvalue weighted by Crippen LogP contribution is 2.37. The first kappa shape index (κ1) is 22.0. The maximum atomic E-state index is 12.3. The summed E-state index contributed by atoms with van der Waals surface area (Å²) in [6, 6.07) is 6.17.